The molecular formula is C16H23ClO. The third-order valence-corrected chi connectivity index (χ3v) is 4.26. The zero-order valence-electron chi connectivity index (χ0n) is 11.3. The van der Waals surface area contributed by atoms with Crippen molar-refractivity contribution in [2.45, 2.75) is 50.9 Å². The Morgan fingerprint density at radius 1 is 1.28 bits per heavy atom. The highest BCUT2D eigenvalue weighted by atomic mass is 35.5. The predicted octanol–water partition coefficient (Wildman–Crippen LogP) is 4.91. The van der Waals surface area contributed by atoms with Crippen LogP contribution in [-0.2, 0) is 6.42 Å². The van der Waals surface area contributed by atoms with Crippen LogP contribution in [0.4, 0.5) is 0 Å². The predicted molar refractivity (Wildman–Crippen MR) is 77.9 cm³/mol. The van der Waals surface area contributed by atoms with Gasteiger partial charge in [0.2, 0.25) is 0 Å². The molecule has 100 valence electrons. The molecule has 2 rings (SSSR count). The van der Waals surface area contributed by atoms with Gasteiger partial charge in [0.05, 0.1) is 7.11 Å². The van der Waals surface area contributed by atoms with E-state index in [4.69, 9.17) is 16.3 Å². The second kappa shape index (κ2) is 7.04. The van der Waals surface area contributed by atoms with Crippen LogP contribution in [0.3, 0.4) is 0 Å². The summed E-state index contributed by atoms with van der Waals surface area (Å²) in [5.74, 6) is 2.62. The Hall–Kier alpha value is -0.690. The summed E-state index contributed by atoms with van der Waals surface area (Å²) in [4.78, 5) is 0. The highest BCUT2D eigenvalue weighted by Gasteiger charge is 2.22. The monoisotopic (exact) mass is 266 g/mol. The summed E-state index contributed by atoms with van der Waals surface area (Å²) >= 11 is 5.73. The first-order valence-electron chi connectivity index (χ1n) is 7.08. The van der Waals surface area contributed by atoms with Crippen molar-refractivity contribution in [3.05, 3.63) is 29.3 Å². The van der Waals surface area contributed by atoms with E-state index in [1.165, 1.54) is 49.7 Å². The number of hydrogen-bond donors (Lipinski definition) is 0. The van der Waals surface area contributed by atoms with Gasteiger partial charge in [-0.1, -0.05) is 25.0 Å². The minimum absolute atomic E-state index is 0.735. The summed E-state index contributed by atoms with van der Waals surface area (Å²) in [6.07, 6.45) is 8.83. The van der Waals surface area contributed by atoms with E-state index in [-0.39, 0.29) is 0 Å². The summed E-state index contributed by atoms with van der Waals surface area (Å²) < 4.78 is 5.49. The first-order valence-corrected chi connectivity index (χ1v) is 7.62. The minimum Gasteiger partial charge on any atom is -0.496 e. The molecule has 0 radical (unpaired) electrons. The van der Waals surface area contributed by atoms with E-state index in [0.717, 1.165) is 24.0 Å². The van der Waals surface area contributed by atoms with Gasteiger partial charge in [0.1, 0.15) is 5.75 Å². The van der Waals surface area contributed by atoms with Crippen LogP contribution in [0.25, 0.3) is 0 Å². The number of halogens is 1. The third-order valence-electron chi connectivity index (χ3n) is 3.99. The number of methoxy groups -OCH3 is 1. The summed E-state index contributed by atoms with van der Waals surface area (Å²) in [5.41, 5.74) is 2.99. The molecule has 1 aromatic carbocycles. The van der Waals surface area contributed by atoms with E-state index in [1.54, 1.807) is 7.11 Å². The Bertz CT molecular complexity index is 375. The fourth-order valence-electron chi connectivity index (χ4n) is 3.07. The molecule has 18 heavy (non-hydrogen) atoms. The van der Waals surface area contributed by atoms with Crippen LogP contribution in [0.2, 0.25) is 0 Å². The Morgan fingerprint density at radius 2 is 2.17 bits per heavy atom. The average Bonchev–Trinajstić information content (AvgIpc) is 2.43. The second-order valence-electron chi connectivity index (χ2n) is 5.16. The van der Waals surface area contributed by atoms with Crippen LogP contribution in [0.15, 0.2) is 18.2 Å². The van der Waals surface area contributed by atoms with E-state index in [2.05, 4.69) is 18.2 Å². The van der Waals surface area contributed by atoms with Crippen molar-refractivity contribution in [2.75, 3.05) is 13.0 Å². The lowest BCUT2D eigenvalue weighted by Crippen LogP contribution is -2.11. The first kappa shape index (κ1) is 13.7. The maximum atomic E-state index is 5.73. The largest absolute Gasteiger partial charge is 0.496 e. The molecule has 0 heterocycles. The van der Waals surface area contributed by atoms with E-state index in [1.807, 2.05) is 0 Å². The van der Waals surface area contributed by atoms with Gasteiger partial charge in [-0.25, -0.2) is 0 Å². The highest BCUT2D eigenvalue weighted by molar-refractivity contribution is 6.17. The van der Waals surface area contributed by atoms with Gasteiger partial charge >= 0.3 is 0 Å². The van der Waals surface area contributed by atoms with Crippen molar-refractivity contribution in [1.82, 2.24) is 0 Å². The molecule has 1 aliphatic rings. The van der Waals surface area contributed by atoms with Crippen LogP contribution >= 0.6 is 11.6 Å². The molecule has 1 aromatic rings. The van der Waals surface area contributed by atoms with Crippen molar-refractivity contribution in [3.63, 3.8) is 0 Å². The van der Waals surface area contributed by atoms with Crippen LogP contribution in [0.5, 0.6) is 5.75 Å². The van der Waals surface area contributed by atoms with Gasteiger partial charge in [-0.3, -0.25) is 0 Å². The van der Waals surface area contributed by atoms with Gasteiger partial charge in [0.25, 0.3) is 0 Å². The van der Waals surface area contributed by atoms with Gasteiger partial charge in [0, 0.05) is 5.88 Å². The van der Waals surface area contributed by atoms with Crippen molar-refractivity contribution in [1.29, 1.82) is 0 Å². The first-order chi connectivity index (χ1) is 8.86. The number of hydrogen-bond acceptors (Lipinski definition) is 1. The molecule has 0 aromatic heterocycles. The van der Waals surface area contributed by atoms with E-state index >= 15 is 0 Å². The molecule has 0 saturated heterocycles. The summed E-state index contributed by atoms with van der Waals surface area (Å²) in [7, 11) is 1.78. The summed E-state index contributed by atoms with van der Waals surface area (Å²) in [6.45, 7) is 0. The van der Waals surface area contributed by atoms with Gasteiger partial charge in [-0.15, -0.1) is 11.6 Å². The Balaban J connectivity index is 2.03. The van der Waals surface area contributed by atoms with Gasteiger partial charge in [-0.05, 0) is 55.2 Å². The van der Waals surface area contributed by atoms with E-state index in [0.29, 0.717) is 0 Å². The van der Waals surface area contributed by atoms with Gasteiger partial charge < -0.3 is 4.74 Å². The summed E-state index contributed by atoms with van der Waals surface area (Å²) in [5, 5.41) is 0. The number of ether oxygens (including phenoxy) is 1. The number of rotatable bonds is 6. The van der Waals surface area contributed by atoms with E-state index < -0.39 is 0 Å². The fraction of sp³-hybridized carbons (Fsp3) is 0.625. The Kier molecular flexibility index (Phi) is 5.37. The SMILES string of the molecule is COc1cccc2c1CCC[C@@H]2CCCCCCl. The molecule has 0 unspecified atom stereocenters. The molecule has 0 amide bonds. The van der Waals surface area contributed by atoms with Crippen molar-refractivity contribution in [2.24, 2.45) is 0 Å². The maximum absolute atomic E-state index is 5.73. The summed E-state index contributed by atoms with van der Waals surface area (Å²) in [6, 6.07) is 6.52. The lowest BCUT2D eigenvalue weighted by molar-refractivity contribution is 0.400. The molecule has 0 N–H and O–H groups in total. The number of unbranched alkanes of at least 4 members (excludes halogenated alkanes) is 2. The second-order valence-corrected chi connectivity index (χ2v) is 5.53. The molecule has 0 bridgehead atoms. The average molecular weight is 267 g/mol. The van der Waals surface area contributed by atoms with Crippen molar-refractivity contribution in [3.8, 4) is 5.75 Å². The van der Waals surface area contributed by atoms with Crippen LogP contribution < -0.4 is 4.74 Å². The molecule has 0 aliphatic heterocycles. The molecule has 1 aliphatic carbocycles. The van der Waals surface area contributed by atoms with Gasteiger partial charge in [-0.2, -0.15) is 0 Å². The zero-order chi connectivity index (χ0) is 12.8. The topological polar surface area (TPSA) is 9.23 Å². The molecule has 1 nitrogen and oxygen atoms in total. The molecule has 0 spiro atoms. The lowest BCUT2D eigenvalue weighted by Gasteiger charge is -2.27. The Morgan fingerprint density at radius 3 is 2.94 bits per heavy atom. The number of benzene rings is 1. The number of alkyl halides is 1. The fourth-order valence-corrected chi connectivity index (χ4v) is 3.26. The van der Waals surface area contributed by atoms with Crippen LogP contribution in [0, 0.1) is 0 Å². The molecule has 0 fully saturated rings. The van der Waals surface area contributed by atoms with Crippen LogP contribution in [0.1, 0.15) is 55.6 Å². The molecule has 2 heteroatoms. The van der Waals surface area contributed by atoms with Crippen molar-refractivity contribution >= 4 is 11.6 Å². The molecule has 0 saturated carbocycles. The van der Waals surface area contributed by atoms with Crippen molar-refractivity contribution < 1.29 is 4.74 Å². The van der Waals surface area contributed by atoms with Crippen LogP contribution in [-0.4, -0.2) is 13.0 Å². The van der Waals surface area contributed by atoms with Gasteiger partial charge in [0.15, 0.2) is 0 Å². The highest BCUT2D eigenvalue weighted by Crippen LogP contribution is 2.39. The lowest BCUT2D eigenvalue weighted by atomic mass is 9.80. The molecular weight excluding hydrogens is 244 g/mol. The number of fused-ring (bicyclic) bond motifs is 1. The smallest absolute Gasteiger partial charge is 0.122 e. The molecule has 1 atom stereocenters. The van der Waals surface area contributed by atoms with E-state index in [9.17, 15) is 0 Å². The zero-order valence-corrected chi connectivity index (χ0v) is 12.0. The Labute approximate surface area is 115 Å². The maximum Gasteiger partial charge on any atom is 0.122 e. The standard InChI is InChI=1S/C16H23ClO/c1-18-16-11-6-9-14-13(7-3-2-4-12-17)8-5-10-15(14)16/h6,9,11,13H,2-5,7-8,10,12H2,1H3/t13-/m0/s1. The normalized spacial score (nSPS) is 18.4. The quantitative estimate of drug-likeness (QED) is 0.525. The third kappa shape index (κ3) is 3.20. The minimum atomic E-state index is 0.735.